The molecule has 0 aromatic carbocycles. The van der Waals surface area contributed by atoms with Crippen molar-refractivity contribution in [2.75, 3.05) is 13.2 Å². The predicted molar refractivity (Wildman–Crippen MR) is 67.1 cm³/mol. The van der Waals surface area contributed by atoms with E-state index in [1.165, 1.54) is 0 Å². The van der Waals surface area contributed by atoms with E-state index in [1.54, 1.807) is 17.5 Å². The summed E-state index contributed by atoms with van der Waals surface area (Å²) in [4.78, 5) is 4.31. The molecule has 6 heteroatoms. The molecule has 0 aliphatic rings. The summed E-state index contributed by atoms with van der Waals surface area (Å²) in [5.74, 6) is 0.0581. The highest BCUT2D eigenvalue weighted by Crippen LogP contribution is 2.25. The molecule has 0 saturated carbocycles. The Labute approximate surface area is 104 Å². The molecule has 0 fully saturated rings. The number of aryl methyl sites for hydroxylation is 1. The molecule has 0 saturated heterocycles. The lowest BCUT2D eigenvalue weighted by molar-refractivity contribution is 0.266. The maximum Gasteiger partial charge on any atom is 0.103 e. The van der Waals surface area contributed by atoms with Crippen LogP contribution >= 0.6 is 11.3 Å². The van der Waals surface area contributed by atoms with Gasteiger partial charge in [-0.15, -0.1) is 11.3 Å². The minimum absolute atomic E-state index is 0.0581. The van der Waals surface area contributed by atoms with Crippen molar-refractivity contribution in [1.82, 2.24) is 14.8 Å². The van der Waals surface area contributed by atoms with E-state index in [4.69, 9.17) is 10.8 Å². The maximum atomic E-state index is 9.03. The molecule has 0 bridgehead atoms. The van der Waals surface area contributed by atoms with Gasteiger partial charge in [-0.25, -0.2) is 4.98 Å². The smallest absolute Gasteiger partial charge is 0.103 e. The number of aliphatic hydroxyl groups is 1. The van der Waals surface area contributed by atoms with Crippen LogP contribution in [0.4, 0.5) is 0 Å². The fourth-order valence-corrected chi connectivity index (χ4v) is 2.64. The van der Waals surface area contributed by atoms with E-state index >= 15 is 0 Å². The molecule has 3 N–H and O–H groups in total. The molecule has 0 amide bonds. The number of aliphatic hydroxyl groups excluding tert-OH is 1. The number of hydrogen-bond acceptors (Lipinski definition) is 5. The molecule has 2 aromatic rings. The second-order valence-corrected chi connectivity index (χ2v) is 4.74. The molecule has 1 unspecified atom stereocenters. The van der Waals surface area contributed by atoms with Gasteiger partial charge >= 0.3 is 0 Å². The van der Waals surface area contributed by atoms with E-state index in [0.717, 1.165) is 16.4 Å². The molecular weight excluding hydrogens is 236 g/mol. The van der Waals surface area contributed by atoms with Crippen LogP contribution in [-0.2, 0) is 6.54 Å². The molecule has 5 nitrogen and oxygen atoms in total. The van der Waals surface area contributed by atoms with E-state index in [0.29, 0.717) is 13.1 Å². The van der Waals surface area contributed by atoms with Gasteiger partial charge in [-0.3, -0.25) is 4.68 Å². The highest BCUT2D eigenvalue weighted by atomic mass is 32.1. The average Bonchev–Trinajstić information content (AvgIpc) is 2.92. The highest BCUT2D eigenvalue weighted by molar-refractivity contribution is 7.09. The van der Waals surface area contributed by atoms with Gasteiger partial charge in [0, 0.05) is 23.8 Å². The zero-order valence-corrected chi connectivity index (χ0v) is 10.5. The summed E-state index contributed by atoms with van der Waals surface area (Å²) in [6.07, 6.45) is 1.78. The number of thiazole rings is 1. The third-order valence-electron chi connectivity index (χ3n) is 2.59. The van der Waals surface area contributed by atoms with E-state index in [2.05, 4.69) is 10.1 Å². The van der Waals surface area contributed by atoms with Crippen molar-refractivity contribution in [2.45, 2.75) is 19.4 Å². The van der Waals surface area contributed by atoms with Crippen molar-refractivity contribution in [3.63, 3.8) is 0 Å². The lowest BCUT2D eigenvalue weighted by Crippen LogP contribution is -2.19. The van der Waals surface area contributed by atoms with Gasteiger partial charge in [0.25, 0.3) is 0 Å². The second kappa shape index (κ2) is 5.39. The lowest BCUT2D eigenvalue weighted by atomic mass is 10.1. The zero-order chi connectivity index (χ0) is 12.3. The first kappa shape index (κ1) is 12.2. The molecular formula is C11H16N4OS. The monoisotopic (exact) mass is 252 g/mol. The van der Waals surface area contributed by atoms with Gasteiger partial charge in [0.15, 0.2) is 0 Å². The van der Waals surface area contributed by atoms with E-state index in [-0.39, 0.29) is 12.5 Å². The Morgan fingerprint density at radius 2 is 2.41 bits per heavy atom. The minimum Gasteiger partial charge on any atom is -0.394 e. The van der Waals surface area contributed by atoms with Crippen LogP contribution in [-0.4, -0.2) is 33.0 Å². The van der Waals surface area contributed by atoms with Crippen molar-refractivity contribution in [2.24, 2.45) is 5.73 Å². The van der Waals surface area contributed by atoms with Crippen molar-refractivity contribution in [1.29, 1.82) is 0 Å². The van der Waals surface area contributed by atoms with Crippen LogP contribution in [0.15, 0.2) is 17.6 Å². The first-order valence-corrected chi connectivity index (χ1v) is 6.39. The summed E-state index contributed by atoms with van der Waals surface area (Å²) in [7, 11) is 0. The molecule has 0 aliphatic heterocycles. The first-order valence-electron chi connectivity index (χ1n) is 5.51. The SMILES string of the molecule is Cc1cc(C(CN)c2nccs2)n(CCO)n1. The molecule has 0 radical (unpaired) electrons. The van der Waals surface area contributed by atoms with Crippen LogP contribution in [0.25, 0.3) is 0 Å². The third-order valence-corrected chi connectivity index (χ3v) is 3.48. The van der Waals surface area contributed by atoms with E-state index < -0.39 is 0 Å². The summed E-state index contributed by atoms with van der Waals surface area (Å²) in [6, 6.07) is 2.01. The molecule has 92 valence electrons. The summed E-state index contributed by atoms with van der Waals surface area (Å²) >= 11 is 1.59. The molecule has 0 spiro atoms. The van der Waals surface area contributed by atoms with Gasteiger partial charge < -0.3 is 10.8 Å². The number of hydrogen-bond donors (Lipinski definition) is 2. The fourth-order valence-electron chi connectivity index (χ4n) is 1.87. The van der Waals surface area contributed by atoms with Crippen LogP contribution < -0.4 is 5.73 Å². The van der Waals surface area contributed by atoms with Crippen LogP contribution in [0.1, 0.15) is 22.3 Å². The van der Waals surface area contributed by atoms with Crippen molar-refractivity contribution in [3.8, 4) is 0 Å². The summed E-state index contributed by atoms with van der Waals surface area (Å²) in [6.45, 7) is 2.99. The largest absolute Gasteiger partial charge is 0.394 e. The molecule has 2 rings (SSSR count). The Hall–Kier alpha value is -1.24. The van der Waals surface area contributed by atoms with Crippen LogP contribution in [0.5, 0.6) is 0 Å². The minimum atomic E-state index is 0.0581. The van der Waals surface area contributed by atoms with E-state index in [9.17, 15) is 0 Å². The van der Waals surface area contributed by atoms with Gasteiger partial charge in [-0.05, 0) is 13.0 Å². The Morgan fingerprint density at radius 1 is 1.59 bits per heavy atom. The standard InChI is InChI=1S/C11H16N4OS/c1-8-6-10(15(14-8)3-4-16)9(7-12)11-13-2-5-17-11/h2,5-6,9,16H,3-4,7,12H2,1H3. The molecule has 0 aliphatic carbocycles. The van der Waals surface area contributed by atoms with Gasteiger partial charge in [-0.1, -0.05) is 0 Å². The average molecular weight is 252 g/mol. The van der Waals surface area contributed by atoms with E-state index in [1.807, 2.05) is 23.1 Å². The Kier molecular flexibility index (Phi) is 3.88. The molecule has 2 heterocycles. The zero-order valence-electron chi connectivity index (χ0n) is 9.71. The Bertz CT molecular complexity index is 466. The second-order valence-electron chi connectivity index (χ2n) is 3.82. The van der Waals surface area contributed by atoms with Crippen molar-refractivity contribution >= 4 is 11.3 Å². The Morgan fingerprint density at radius 3 is 3.00 bits per heavy atom. The first-order chi connectivity index (χ1) is 8.26. The van der Waals surface area contributed by atoms with Crippen molar-refractivity contribution < 1.29 is 5.11 Å². The van der Waals surface area contributed by atoms with Crippen molar-refractivity contribution in [3.05, 3.63) is 34.0 Å². The number of nitrogens with zero attached hydrogens (tertiary/aromatic N) is 3. The quantitative estimate of drug-likeness (QED) is 0.822. The van der Waals surface area contributed by atoms with Gasteiger partial charge in [0.05, 0.1) is 24.8 Å². The topological polar surface area (TPSA) is 77.0 Å². The summed E-state index contributed by atoms with van der Waals surface area (Å²) in [5.41, 5.74) is 7.79. The fraction of sp³-hybridized carbons (Fsp3) is 0.455. The predicted octanol–water partition coefficient (Wildman–Crippen LogP) is 0.731. The highest BCUT2D eigenvalue weighted by Gasteiger charge is 2.20. The normalized spacial score (nSPS) is 12.9. The Balaban J connectivity index is 2.36. The van der Waals surface area contributed by atoms with Crippen LogP contribution in [0.2, 0.25) is 0 Å². The summed E-state index contributed by atoms with van der Waals surface area (Å²) in [5, 5.41) is 16.3. The maximum absolute atomic E-state index is 9.03. The molecule has 1 atom stereocenters. The van der Waals surface area contributed by atoms with Gasteiger partial charge in [0.1, 0.15) is 5.01 Å². The van der Waals surface area contributed by atoms with Gasteiger partial charge in [0.2, 0.25) is 0 Å². The molecule has 2 aromatic heterocycles. The molecule has 17 heavy (non-hydrogen) atoms. The van der Waals surface area contributed by atoms with Gasteiger partial charge in [-0.2, -0.15) is 5.10 Å². The van der Waals surface area contributed by atoms with Crippen LogP contribution in [0.3, 0.4) is 0 Å². The van der Waals surface area contributed by atoms with Crippen LogP contribution in [0, 0.1) is 6.92 Å². The number of rotatable bonds is 5. The number of nitrogens with two attached hydrogens (primary N) is 1. The number of aromatic nitrogens is 3. The third kappa shape index (κ3) is 2.54. The lowest BCUT2D eigenvalue weighted by Gasteiger charge is -2.13. The summed E-state index contributed by atoms with van der Waals surface area (Å²) < 4.78 is 1.81.